The Morgan fingerprint density at radius 3 is 1.28 bits per heavy atom. The SMILES string of the molecule is C=C(C)C(=O)CCCCCC(=O)COCCOCC.C=C(C)C(=O)CCCCCC(=O)COCCOCC.C=C(C)C(=O)CCCOCCOCC(=O)NC.C=C(C)C(=O)OCCOC(=O)OC(C)C(=O)OCCOC(=O)C(=C)C.C=CC(=O)C[C@@H](C)C(=O)N1CCC[C@H]1C(=O)CCC(=O)N[C@@H](CC(C)C)C(=O)NCC.CCNC(=O)C(CC(=O)C(C)NC(=O)C(CC(=O)C(C)C)CC(C)C)CC(C)C.[HH]. The lowest BCUT2D eigenvalue weighted by Gasteiger charge is -2.26. The van der Waals surface area contributed by atoms with Gasteiger partial charge in [0.2, 0.25) is 35.4 Å². The van der Waals surface area contributed by atoms with Crippen LogP contribution in [0.3, 0.4) is 0 Å². The number of rotatable bonds is 73. The van der Waals surface area contributed by atoms with Crippen LogP contribution in [0.15, 0.2) is 73.4 Å². The van der Waals surface area contributed by atoms with Crippen molar-refractivity contribution in [1.82, 2.24) is 31.5 Å². The van der Waals surface area contributed by atoms with Gasteiger partial charge in [-0.2, -0.15) is 0 Å². The summed E-state index contributed by atoms with van der Waals surface area (Å²) in [4.78, 5) is 225. The summed E-state index contributed by atoms with van der Waals surface area (Å²) in [5.74, 6) is -4.01. The largest absolute Gasteiger partial charge is 0.509 e. The molecule has 1 aliphatic heterocycles. The lowest BCUT2D eigenvalue weighted by atomic mass is 9.88. The van der Waals surface area contributed by atoms with Gasteiger partial charge in [0, 0.05) is 147 Å². The van der Waals surface area contributed by atoms with Crippen LogP contribution in [0, 0.1) is 41.4 Å². The fourth-order valence-electron chi connectivity index (χ4n) is 12.3. The summed E-state index contributed by atoms with van der Waals surface area (Å²) in [5.41, 5.74) is 2.24. The highest BCUT2D eigenvalue weighted by Gasteiger charge is 2.37. The molecular formula is C104H176N6O30. The van der Waals surface area contributed by atoms with E-state index in [1.165, 1.54) is 31.7 Å². The molecule has 0 aliphatic carbocycles. The number of likely N-dealkylation sites (tertiary alicyclic amines) is 1. The van der Waals surface area contributed by atoms with Crippen LogP contribution in [0.2, 0.25) is 0 Å². The third kappa shape index (κ3) is 78.4. The zero-order chi connectivity index (χ0) is 108. The Hall–Kier alpha value is -10.3. The van der Waals surface area contributed by atoms with Crippen LogP contribution in [0.4, 0.5) is 4.79 Å². The van der Waals surface area contributed by atoms with E-state index in [2.05, 4.69) is 75.5 Å². The fraction of sp³-hybridized carbons (Fsp3) is 0.702. The van der Waals surface area contributed by atoms with Gasteiger partial charge in [-0.3, -0.25) is 71.9 Å². The van der Waals surface area contributed by atoms with Crippen molar-refractivity contribution in [2.75, 3.05) is 132 Å². The molecule has 140 heavy (non-hydrogen) atoms. The molecule has 5 N–H and O–H groups in total. The van der Waals surface area contributed by atoms with Gasteiger partial charge >= 0.3 is 24.1 Å². The van der Waals surface area contributed by atoms with Crippen LogP contribution in [0.5, 0.6) is 0 Å². The molecular weight excluding hydrogens is 1810 g/mol. The monoisotopic (exact) mass is 1990 g/mol. The number of Topliss-reactive ketones (excluding diaryl/α,β-unsaturated/α-hetero) is 8. The summed E-state index contributed by atoms with van der Waals surface area (Å²) in [6, 6.07) is -1.87. The van der Waals surface area contributed by atoms with E-state index in [-0.39, 0.29) is 202 Å². The van der Waals surface area contributed by atoms with Gasteiger partial charge in [-0.05, 0) is 181 Å². The molecule has 0 saturated carbocycles. The van der Waals surface area contributed by atoms with Gasteiger partial charge in [0.05, 0.1) is 51.7 Å². The van der Waals surface area contributed by atoms with E-state index in [9.17, 15) is 91.1 Å². The van der Waals surface area contributed by atoms with Gasteiger partial charge in [0.15, 0.2) is 52.4 Å². The minimum atomic E-state index is -1.22. The van der Waals surface area contributed by atoms with Crippen LogP contribution in [-0.2, 0) is 138 Å². The molecule has 1 saturated heterocycles. The van der Waals surface area contributed by atoms with Crippen molar-refractivity contribution in [1.29, 1.82) is 0 Å². The molecule has 36 nitrogen and oxygen atoms in total. The number of amides is 6. The maximum atomic E-state index is 12.8. The van der Waals surface area contributed by atoms with Crippen molar-refractivity contribution in [3.63, 3.8) is 0 Å². The van der Waals surface area contributed by atoms with Crippen molar-refractivity contribution in [3.8, 4) is 0 Å². The molecule has 6 amide bonds. The number of likely N-dealkylation sites (N-methyl/N-ethyl adjacent to an activating group) is 2. The summed E-state index contributed by atoms with van der Waals surface area (Å²) >= 11 is 0. The summed E-state index contributed by atoms with van der Waals surface area (Å²) in [7, 11) is 1.56. The third-order valence-corrected chi connectivity index (χ3v) is 20.2. The minimum absolute atomic E-state index is 0. The molecule has 4 unspecified atom stereocenters. The maximum absolute atomic E-state index is 12.8. The van der Waals surface area contributed by atoms with Crippen molar-refractivity contribution in [2.45, 2.75) is 304 Å². The molecule has 7 atom stereocenters. The molecule has 802 valence electrons. The number of allylic oxidation sites excluding steroid dienone is 4. The molecule has 1 heterocycles. The number of ether oxygens (including phenoxy) is 11. The zero-order valence-corrected chi connectivity index (χ0v) is 88.4. The van der Waals surface area contributed by atoms with Crippen LogP contribution >= 0.6 is 0 Å². The van der Waals surface area contributed by atoms with E-state index in [0.717, 1.165) is 38.5 Å². The predicted octanol–water partition coefficient (Wildman–Crippen LogP) is 13.0. The lowest BCUT2D eigenvalue weighted by Crippen LogP contribution is -2.47. The smallest absolute Gasteiger partial charge is 0.459 e. The van der Waals surface area contributed by atoms with Gasteiger partial charge in [0.1, 0.15) is 58.1 Å². The van der Waals surface area contributed by atoms with Crippen molar-refractivity contribution in [2.24, 2.45) is 41.4 Å². The first-order valence-electron chi connectivity index (χ1n) is 49.0. The van der Waals surface area contributed by atoms with Gasteiger partial charge in [0.25, 0.3) is 0 Å². The van der Waals surface area contributed by atoms with Crippen molar-refractivity contribution >= 4 is 112 Å². The van der Waals surface area contributed by atoms with E-state index < -0.39 is 66.0 Å². The number of carbonyl (C=O) groups is 19. The Balaban J connectivity index is -0.000000392. The second kappa shape index (κ2) is 86.6. The van der Waals surface area contributed by atoms with Crippen LogP contribution in [0.25, 0.3) is 0 Å². The highest BCUT2D eigenvalue weighted by Crippen LogP contribution is 2.25. The quantitative estimate of drug-likeness (QED) is 0.0163. The Kier molecular flexibility index (Phi) is 85.5. The summed E-state index contributed by atoms with van der Waals surface area (Å²) in [6.45, 7) is 62.6. The molecule has 0 radical (unpaired) electrons. The average Bonchev–Trinajstić information content (AvgIpc) is 1.72. The average molecular weight is 1990 g/mol. The first-order valence-corrected chi connectivity index (χ1v) is 49.0. The number of nitrogens with zero attached hydrogens (tertiary/aromatic N) is 1. The summed E-state index contributed by atoms with van der Waals surface area (Å²) in [6.07, 6.45) is 10.5. The predicted molar refractivity (Wildman–Crippen MR) is 536 cm³/mol. The van der Waals surface area contributed by atoms with E-state index in [4.69, 9.17) is 42.6 Å². The van der Waals surface area contributed by atoms with Gasteiger partial charge in [-0.25, -0.2) is 19.2 Å². The Morgan fingerprint density at radius 1 is 0.421 bits per heavy atom. The number of esters is 3. The fourth-order valence-corrected chi connectivity index (χ4v) is 12.3. The van der Waals surface area contributed by atoms with Crippen molar-refractivity contribution < 1.29 is 145 Å². The first kappa shape index (κ1) is 138. The van der Waals surface area contributed by atoms with Crippen molar-refractivity contribution in [3.05, 3.63) is 73.4 Å². The van der Waals surface area contributed by atoms with Crippen LogP contribution in [-0.4, -0.2) is 273 Å². The van der Waals surface area contributed by atoms with Gasteiger partial charge < -0.3 is 83.6 Å². The summed E-state index contributed by atoms with van der Waals surface area (Å²) < 4.78 is 54.3. The van der Waals surface area contributed by atoms with Crippen LogP contribution < -0.4 is 26.6 Å². The third-order valence-electron chi connectivity index (χ3n) is 20.2. The molecule has 0 spiro atoms. The van der Waals surface area contributed by atoms with Gasteiger partial charge in [-0.1, -0.05) is 115 Å². The van der Waals surface area contributed by atoms with E-state index in [1.54, 1.807) is 41.7 Å². The second-order valence-electron chi connectivity index (χ2n) is 35.5. The molecule has 1 fully saturated rings. The maximum Gasteiger partial charge on any atom is 0.509 e. The minimum Gasteiger partial charge on any atom is -0.459 e. The molecule has 0 aromatic heterocycles. The molecule has 1 rings (SSSR count). The highest BCUT2D eigenvalue weighted by atomic mass is 16.7. The van der Waals surface area contributed by atoms with Crippen LogP contribution in [0.1, 0.15) is 281 Å². The number of hydrogen-bond donors (Lipinski definition) is 5. The molecule has 1 aliphatic rings. The summed E-state index contributed by atoms with van der Waals surface area (Å²) in [5, 5.41) is 13.5. The normalized spacial score (nSPS) is 12.9. The number of hydrogen-bond acceptors (Lipinski definition) is 30. The number of ketones is 9. The zero-order valence-electron chi connectivity index (χ0n) is 88.4. The Morgan fingerprint density at radius 2 is 0.843 bits per heavy atom. The van der Waals surface area contributed by atoms with E-state index >= 15 is 0 Å². The highest BCUT2D eigenvalue weighted by molar-refractivity contribution is 5.98. The standard InChI is InChI=1S/C23H37N3O5.C23H42N2O4.C16H22O9.2C15H26O4.C12H21NO4.H2/c1-6-17(27)14-16(5)23(31)26-12-8-9-19(26)20(28)10-11-21(29)25-18(13-15(3)4)22(30)24-7-2;1-9-24-22(28)18(10-14(2)3)13-21(27)17(8)25-23(29)19(11-15(4)5)12-20(26)16(6)7;1-10(2)13(17)21-6-7-23-15(19)12(5)25-16(20)24-9-8-22-14(18)11(3)4;2*1-4-18-10-11-19-12-14(16)8-6-5-7-9-15(17)13(2)3;1-10(2)11(14)5-4-6-16-7-8-17-9-12(15)13-3;/h6,15-16,18-19H,1,7-14H2,2-5H3,(H,24,30)(H,25,29);14-19H,9-13H2,1-8H3,(H,24,28)(H,25,29);12H,1,3,6-9H2,2,4-5H3;2*2,4-12H2,1,3H3;1,4-9H2,2-3H3,(H,13,15);1H/t16-,18+,19+;;;;;;/m1....../s1. The lowest BCUT2D eigenvalue weighted by molar-refractivity contribution is -0.158. The van der Waals surface area contributed by atoms with E-state index in [0.29, 0.717) is 166 Å². The molecule has 0 aromatic rings. The topological polar surface area (TPSA) is 489 Å². The number of unbranched alkanes of at least 4 members (excludes halogenated alkanes) is 4. The number of nitrogens with one attached hydrogen (secondary N) is 5. The molecule has 0 bridgehead atoms. The Bertz CT molecular complexity index is 3780. The first-order chi connectivity index (χ1) is 65.9. The second-order valence-corrected chi connectivity index (χ2v) is 35.5. The molecule has 0 aromatic carbocycles. The Labute approximate surface area is 835 Å². The van der Waals surface area contributed by atoms with Gasteiger partial charge in [-0.15, -0.1) is 0 Å². The van der Waals surface area contributed by atoms with E-state index in [1.807, 2.05) is 83.1 Å². The molecule has 36 heteroatoms. The number of carbonyl (C=O) groups excluding carboxylic acids is 19.